The zero-order valence-corrected chi connectivity index (χ0v) is 14.1. The predicted octanol–water partition coefficient (Wildman–Crippen LogP) is 3.77. The lowest BCUT2D eigenvalue weighted by Gasteiger charge is -2.24. The molecule has 0 heterocycles. The summed E-state index contributed by atoms with van der Waals surface area (Å²) in [6.45, 7) is 4.75. The summed E-state index contributed by atoms with van der Waals surface area (Å²) in [6.07, 6.45) is 1.88. The maximum absolute atomic E-state index is 12.0. The van der Waals surface area contributed by atoms with E-state index < -0.39 is 0 Å². The number of carbonyl (C=O) groups excluding carboxylic acids is 1. The highest BCUT2D eigenvalue weighted by Gasteiger charge is 2.19. The lowest BCUT2D eigenvalue weighted by molar-refractivity contribution is 0.0932. The number of rotatable bonds is 6. The van der Waals surface area contributed by atoms with Gasteiger partial charge in [-0.3, -0.25) is 4.79 Å². The maximum atomic E-state index is 12.0. The van der Waals surface area contributed by atoms with Crippen molar-refractivity contribution in [2.75, 3.05) is 12.4 Å². The number of halogens is 2. The minimum Gasteiger partial charge on any atom is -0.507 e. The minimum absolute atomic E-state index is 0.00209. The van der Waals surface area contributed by atoms with Gasteiger partial charge in [-0.2, -0.15) is 0 Å². The molecule has 1 aromatic carbocycles. The second-order valence-corrected chi connectivity index (χ2v) is 6.92. The van der Waals surface area contributed by atoms with E-state index in [2.05, 4.69) is 41.8 Å². The summed E-state index contributed by atoms with van der Waals surface area (Å²) in [5.74, 6) is 0.404. The van der Waals surface area contributed by atoms with Crippen LogP contribution in [0.2, 0.25) is 0 Å². The van der Waals surface area contributed by atoms with Gasteiger partial charge in [0.05, 0.1) is 5.56 Å². The highest BCUT2D eigenvalue weighted by molar-refractivity contribution is 14.1. The number of nitrogens with one attached hydrogen (secondary N) is 1. The van der Waals surface area contributed by atoms with Crippen molar-refractivity contribution >= 4 is 40.1 Å². The molecular weight excluding hydrogens is 377 g/mol. The molecule has 1 rings (SSSR count). The van der Waals surface area contributed by atoms with Gasteiger partial charge in [-0.05, 0) is 59.0 Å². The Bertz CT molecular complexity index is 449. The molecule has 5 heteroatoms. The van der Waals surface area contributed by atoms with E-state index in [1.807, 2.05) is 0 Å². The van der Waals surface area contributed by atoms with Crippen LogP contribution in [0, 0.1) is 8.99 Å². The van der Waals surface area contributed by atoms with E-state index in [0.717, 1.165) is 16.4 Å². The van der Waals surface area contributed by atoms with E-state index in [9.17, 15) is 9.90 Å². The molecule has 0 unspecified atom stereocenters. The number of phenolic OH excluding ortho intramolecular Hbond substituents is 1. The van der Waals surface area contributed by atoms with Crippen LogP contribution in [0.15, 0.2) is 18.2 Å². The molecule has 0 bridgehead atoms. The van der Waals surface area contributed by atoms with Crippen molar-refractivity contribution in [3.8, 4) is 5.75 Å². The third-order valence-electron chi connectivity index (χ3n) is 2.92. The van der Waals surface area contributed by atoms with Gasteiger partial charge in [0, 0.05) is 16.0 Å². The zero-order chi connectivity index (χ0) is 14.5. The number of hydrogen-bond donors (Lipinski definition) is 2. The molecule has 0 atom stereocenters. The van der Waals surface area contributed by atoms with Gasteiger partial charge in [0.15, 0.2) is 0 Å². The first-order valence-corrected chi connectivity index (χ1v) is 7.80. The summed E-state index contributed by atoms with van der Waals surface area (Å²) in [5.41, 5.74) is 0.322. The normalized spacial score (nSPS) is 11.4. The van der Waals surface area contributed by atoms with Gasteiger partial charge < -0.3 is 10.4 Å². The van der Waals surface area contributed by atoms with Crippen LogP contribution >= 0.6 is 34.2 Å². The molecule has 0 aliphatic heterocycles. The second kappa shape index (κ2) is 7.33. The maximum Gasteiger partial charge on any atom is 0.255 e. The minimum atomic E-state index is -0.241. The molecule has 0 radical (unpaired) electrons. The Labute approximate surface area is 132 Å². The highest BCUT2D eigenvalue weighted by atomic mass is 127. The molecule has 0 spiro atoms. The number of carbonyl (C=O) groups is 1. The smallest absolute Gasteiger partial charge is 0.255 e. The summed E-state index contributed by atoms with van der Waals surface area (Å²) < 4.78 is 0.918. The fourth-order valence-electron chi connectivity index (χ4n) is 1.74. The molecule has 19 heavy (non-hydrogen) atoms. The van der Waals surface area contributed by atoms with E-state index in [-0.39, 0.29) is 17.1 Å². The number of benzene rings is 1. The average molecular weight is 396 g/mol. The van der Waals surface area contributed by atoms with Gasteiger partial charge in [0.1, 0.15) is 5.75 Å². The van der Waals surface area contributed by atoms with Crippen LogP contribution in [0.3, 0.4) is 0 Å². The summed E-state index contributed by atoms with van der Waals surface area (Å²) in [4.78, 5) is 12.0. The summed E-state index contributed by atoms with van der Waals surface area (Å²) in [6, 6.07) is 4.98. The monoisotopic (exact) mass is 395 g/mol. The summed E-state index contributed by atoms with van der Waals surface area (Å²) >= 11 is 7.80. The Hall–Kier alpha value is -0.490. The van der Waals surface area contributed by atoms with E-state index in [0.29, 0.717) is 18.0 Å². The first kappa shape index (κ1) is 16.6. The van der Waals surface area contributed by atoms with Crippen LogP contribution in [0.5, 0.6) is 5.75 Å². The average Bonchev–Trinajstić information content (AvgIpc) is 2.36. The van der Waals surface area contributed by atoms with Gasteiger partial charge in [0.25, 0.3) is 5.91 Å². The lowest BCUT2D eigenvalue weighted by Crippen LogP contribution is -2.34. The molecule has 106 valence electrons. The van der Waals surface area contributed by atoms with E-state index >= 15 is 0 Å². The van der Waals surface area contributed by atoms with Gasteiger partial charge in [0.2, 0.25) is 0 Å². The number of alkyl halides is 1. The molecule has 0 aliphatic rings. The zero-order valence-electron chi connectivity index (χ0n) is 11.2. The van der Waals surface area contributed by atoms with Gasteiger partial charge in [-0.25, -0.2) is 0 Å². The molecule has 0 fully saturated rings. The van der Waals surface area contributed by atoms with Crippen molar-refractivity contribution in [2.45, 2.75) is 26.7 Å². The van der Waals surface area contributed by atoms with Crippen LogP contribution in [-0.2, 0) is 0 Å². The van der Waals surface area contributed by atoms with Crippen molar-refractivity contribution in [1.82, 2.24) is 5.32 Å². The Morgan fingerprint density at radius 2 is 2.16 bits per heavy atom. The predicted molar refractivity (Wildman–Crippen MR) is 86.9 cm³/mol. The van der Waals surface area contributed by atoms with Crippen molar-refractivity contribution in [1.29, 1.82) is 0 Å². The second-order valence-electron chi connectivity index (χ2n) is 5.30. The number of amides is 1. The van der Waals surface area contributed by atoms with Crippen molar-refractivity contribution in [3.63, 3.8) is 0 Å². The highest BCUT2D eigenvalue weighted by Crippen LogP contribution is 2.23. The summed E-state index contributed by atoms with van der Waals surface area (Å²) in [5, 5.41) is 12.6. The Morgan fingerprint density at radius 1 is 1.47 bits per heavy atom. The first-order chi connectivity index (χ1) is 8.85. The lowest BCUT2D eigenvalue weighted by atomic mass is 9.88. The van der Waals surface area contributed by atoms with Gasteiger partial charge >= 0.3 is 0 Å². The fraction of sp³-hybridized carbons (Fsp3) is 0.500. The van der Waals surface area contributed by atoms with E-state index in [1.54, 1.807) is 12.1 Å². The third kappa shape index (κ3) is 5.57. The molecular formula is C14H19ClINO2. The SMILES string of the molecule is CC(C)(CCCCl)CNC(=O)c1cc(I)ccc1O. The first-order valence-electron chi connectivity index (χ1n) is 6.18. The number of aromatic hydroxyl groups is 1. The molecule has 3 nitrogen and oxygen atoms in total. The van der Waals surface area contributed by atoms with E-state index in [1.165, 1.54) is 6.07 Å². The van der Waals surface area contributed by atoms with Crippen LogP contribution in [0.1, 0.15) is 37.0 Å². The van der Waals surface area contributed by atoms with Crippen molar-refractivity contribution in [3.05, 3.63) is 27.3 Å². The standard InChI is InChI=1S/C14H19ClINO2/c1-14(2,6-3-7-15)9-17-13(19)11-8-10(16)4-5-12(11)18/h4-5,8,18H,3,6-7,9H2,1-2H3,(H,17,19). The van der Waals surface area contributed by atoms with Crippen LogP contribution in [-0.4, -0.2) is 23.4 Å². The Kier molecular flexibility index (Phi) is 6.39. The molecule has 0 aromatic heterocycles. The Morgan fingerprint density at radius 3 is 2.79 bits per heavy atom. The fourth-order valence-corrected chi connectivity index (χ4v) is 2.36. The van der Waals surface area contributed by atoms with Crippen molar-refractivity contribution < 1.29 is 9.90 Å². The molecule has 1 aromatic rings. The van der Waals surface area contributed by atoms with Crippen LogP contribution < -0.4 is 5.32 Å². The quantitative estimate of drug-likeness (QED) is 0.569. The topological polar surface area (TPSA) is 49.3 Å². The Balaban J connectivity index is 2.62. The van der Waals surface area contributed by atoms with Crippen LogP contribution in [0.4, 0.5) is 0 Å². The molecule has 0 aliphatic carbocycles. The third-order valence-corrected chi connectivity index (χ3v) is 3.86. The molecule has 2 N–H and O–H groups in total. The molecule has 0 saturated carbocycles. The van der Waals surface area contributed by atoms with Gasteiger partial charge in [-0.1, -0.05) is 13.8 Å². The summed E-state index contributed by atoms with van der Waals surface area (Å²) in [7, 11) is 0. The van der Waals surface area contributed by atoms with Crippen LogP contribution in [0.25, 0.3) is 0 Å². The number of phenols is 1. The van der Waals surface area contributed by atoms with E-state index in [4.69, 9.17) is 11.6 Å². The number of hydrogen-bond acceptors (Lipinski definition) is 2. The molecule has 0 saturated heterocycles. The van der Waals surface area contributed by atoms with Gasteiger partial charge in [-0.15, -0.1) is 11.6 Å². The molecule has 1 amide bonds. The largest absolute Gasteiger partial charge is 0.507 e. The van der Waals surface area contributed by atoms with Crippen molar-refractivity contribution in [2.24, 2.45) is 5.41 Å².